The van der Waals surface area contributed by atoms with Crippen LogP contribution in [0.2, 0.25) is 0 Å². The molecule has 0 bridgehead atoms. The third-order valence-corrected chi connectivity index (χ3v) is 5.84. The number of aryl methyl sites for hydroxylation is 2. The summed E-state index contributed by atoms with van der Waals surface area (Å²) in [6, 6.07) is 13.4. The molecule has 6 nitrogen and oxygen atoms in total. The number of carbonyl (C=O) groups is 1. The quantitative estimate of drug-likeness (QED) is 0.752. The van der Waals surface area contributed by atoms with Gasteiger partial charge in [0.15, 0.2) is 0 Å². The summed E-state index contributed by atoms with van der Waals surface area (Å²) in [4.78, 5) is 12.6. The molecular weight excluding hydrogens is 364 g/mol. The first kappa shape index (κ1) is 20.9. The Bertz CT molecular complexity index is 882. The van der Waals surface area contributed by atoms with Crippen LogP contribution in [0.3, 0.4) is 0 Å². The third-order valence-electron chi connectivity index (χ3n) is 4.06. The predicted molar refractivity (Wildman–Crippen MR) is 106 cm³/mol. The fourth-order valence-corrected chi connectivity index (χ4v) is 4.35. The van der Waals surface area contributed by atoms with E-state index in [1.165, 1.54) is 12.1 Å². The van der Waals surface area contributed by atoms with Crippen LogP contribution in [0.4, 0.5) is 5.69 Å². The first-order chi connectivity index (χ1) is 12.8. The van der Waals surface area contributed by atoms with Crippen molar-refractivity contribution in [3.05, 3.63) is 59.7 Å². The number of nitrogens with zero attached hydrogens (tertiary/aromatic N) is 1. The van der Waals surface area contributed by atoms with E-state index in [0.29, 0.717) is 12.3 Å². The smallest absolute Gasteiger partial charge is 0.264 e. The SMILES string of the molecule is COC[C@H](C)NC(=O)CN(c1ccc(C)cc1C)S(=O)(=O)c1ccccc1. The Morgan fingerprint density at radius 1 is 1.15 bits per heavy atom. The molecule has 2 aromatic rings. The zero-order valence-electron chi connectivity index (χ0n) is 16.1. The molecule has 2 aromatic carbocycles. The lowest BCUT2D eigenvalue weighted by atomic mass is 10.1. The minimum Gasteiger partial charge on any atom is -0.383 e. The molecule has 0 aliphatic carbocycles. The summed E-state index contributed by atoms with van der Waals surface area (Å²) in [5, 5.41) is 2.77. The number of methoxy groups -OCH3 is 1. The molecule has 0 saturated carbocycles. The second-order valence-corrected chi connectivity index (χ2v) is 8.40. The molecule has 0 aliphatic heterocycles. The maximum Gasteiger partial charge on any atom is 0.264 e. The number of anilines is 1. The molecule has 0 aromatic heterocycles. The van der Waals surface area contributed by atoms with Crippen LogP contribution in [0, 0.1) is 13.8 Å². The molecule has 1 N–H and O–H groups in total. The summed E-state index contributed by atoms with van der Waals surface area (Å²) in [5.41, 5.74) is 2.29. The maximum atomic E-state index is 13.2. The van der Waals surface area contributed by atoms with Crippen molar-refractivity contribution in [3.8, 4) is 0 Å². The number of rotatable bonds is 8. The molecule has 0 fully saturated rings. The maximum absolute atomic E-state index is 13.2. The molecule has 27 heavy (non-hydrogen) atoms. The molecule has 1 amide bonds. The van der Waals surface area contributed by atoms with Crippen molar-refractivity contribution in [2.24, 2.45) is 0 Å². The third kappa shape index (κ3) is 5.30. The van der Waals surface area contributed by atoms with E-state index >= 15 is 0 Å². The average molecular weight is 391 g/mol. The number of sulfonamides is 1. The van der Waals surface area contributed by atoms with Crippen LogP contribution >= 0.6 is 0 Å². The lowest BCUT2D eigenvalue weighted by molar-refractivity contribution is -0.120. The van der Waals surface area contributed by atoms with Crippen LogP contribution in [0.25, 0.3) is 0 Å². The van der Waals surface area contributed by atoms with Gasteiger partial charge in [0, 0.05) is 13.2 Å². The second-order valence-electron chi connectivity index (χ2n) is 6.54. The number of hydrogen-bond acceptors (Lipinski definition) is 4. The zero-order chi connectivity index (χ0) is 20.0. The van der Waals surface area contributed by atoms with Crippen LogP contribution in [-0.2, 0) is 19.6 Å². The van der Waals surface area contributed by atoms with Crippen molar-refractivity contribution < 1.29 is 17.9 Å². The highest BCUT2D eigenvalue weighted by atomic mass is 32.2. The van der Waals surface area contributed by atoms with Crippen LogP contribution in [0.5, 0.6) is 0 Å². The van der Waals surface area contributed by atoms with Gasteiger partial charge in [-0.25, -0.2) is 8.42 Å². The minimum absolute atomic E-state index is 0.141. The Labute approximate surface area is 161 Å². The molecule has 1 atom stereocenters. The Balaban J connectivity index is 2.42. The molecule has 0 radical (unpaired) electrons. The molecule has 0 heterocycles. The summed E-state index contributed by atoms with van der Waals surface area (Å²) in [6.07, 6.45) is 0. The summed E-state index contributed by atoms with van der Waals surface area (Å²) in [7, 11) is -2.35. The van der Waals surface area contributed by atoms with Crippen LogP contribution in [0.15, 0.2) is 53.4 Å². The zero-order valence-corrected chi connectivity index (χ0v) is 16.9. The van der Waals surface area contributed by atoms with Crippen molar-refractivity contribution in [3.63, 3.8) is 0 Å². The normalized spacial score (nSPS) is 12.4. The molecule has 0 aliphatic rings. The van der Waals surface area contributed by atoms with Crippen LogP contribution in [-0.4, -0.2) is 40.6 Å². The largest absolute Gasteiger partial charge is 0.383 e. The van der Waals surface area contributed by atoms with E-state index in [-0.39, 0.29) is 23.4 Å². The van der Waals surface area contributed by atoms with Gasteiger partial charge in [-0.3, -0.25) is 9.10 Å². The van der Waals surface area contributed by atoms with Crippen molar-refractivity contribution in [2.75, 3.05) is 24.6 Å². The number of carbonyl (C=O) groups excluding carboxylic acids is 1. The number of benzene rings is 2. The Morgan fingerprint density at radius 3 is 2.41 bits per heavy atom. The number of nitrogens with one attached hydrogen (secondary N) is 1. The van der Waals surface area contributed by atoms with Crippen molar-refractivity contribution >= 4 is 21.6 Å². The summed E-state index contributed by atoms with van der Waals surface area (Å²) >= 11 is 0. The van der Waals surface area contributed by atoms with Gasteiger partial charge in [0.2, 0.25) is 5.91 Å². The van der Waals surface area contributed by atoms with Gasteiger partial charge in [0.05, 0.1) is 17.2 Å². The molecule has 0 unspecified atom stereocenters. The topological polar surface area (TPSA) is 75.7 Å². The molecule has 7 heteroatoms. The Morgan fingerprint density at radius 2 is 1.81 bits per heavy atom. The van der Waals surface area contributed by atoms with Gasteiger partial charge in [0.1, 0.15) is 6.54 Å². The number of amides is 1. The highest BCUT2D eigenvalue weighted by Gasteiger charge is 2.28. The summed E-state index contributed by atoms with van der Waals surface area (Å²) < 4.78 is 32.7. The lowest BCUT2D eigenvalue weighted by Crippen LogP contribution is -2.45. The predicted octanol–water partition coefficient (Wildman–Crippen LogP) is 2.65. The fourth-order valence-electron chi connectivity index (χ4n) is 2.85. The Kier molecular flexibility index (Phi) is 6.98. The highest BCUT2D eigenvalue weighted by Crippen LogP contribution is 2.27. The van der Waals surface area contributed by atoms with Crippen molar-refractivity contribution in [1.82, 2.24) is 5.32 Å². The van der Waals surface area contributed by atoms with Crippen LogP contribution in [0.1, 0.15) is 18.1 Å². The number of hydrogen-bond donors (Lipinski definition) is 1. The van der Waals surface area contributed by atoms with E-state index in [4.69, 9.17) is 4.74 Å². The minimum atomic E-state index is -3.89. The number of ether oxygens (including phenoxy) is 1. The van der Waals surface area contributed by atoms with Gasteiger partial charge in [-0.05, 0) is 44.5 Å². The standard InChI is InChI=1S/C20H26N2O4S/c1-15-10-11-19(16(2)12-15)22(13-20(23)21-17(3)14-26-4)27(24,25)18-8-6-5-7-9-18/h5-12,17H,13-14H2,1-4H3,(H,21,23)/t17-/m0/s1. The first-order valence-electron chi connectivity index (χ1n) is 8.69. The lowest BCUT2D eigenvalue weighted by Gasteiger charge is -2.26. The van der Waals surface area contributed by atoms with Crippen molar-refractivity contribution in [1.29, 1.82) is 0 Å². The van der Waals surface area contributed by atoms with E-state index in [2.05, 4.69) is 5.32 Å². The molecule has 2 rings (SSSR count). The van der Waals surface area contributed by atoms with Crippen molar-refractivity contribution in [2.45, 2.75) is 31.7 Å². The van der Waals surface area contributed by atoms with E-state index < -0.39 is 10.0 Å². The van der Waals surface area contributed by atoms with Gasteiger partial charge in [0.25, 0.3) is 10.0 Å². The summed E-state index contributed by atoms with van der Waals surface area (Å²) in [5.74, 6) is -0.390. The molecule has 0 spiro atoms. The van der Waals surface area contributed by atoms with Gasteiger partial charge in [-0.2, -0.15) is 0 Å². The van der Waals surface area contributed by atoms with E-state index in [1.807, 2.05) is 26.0 Å². The monoisotopic (exact) mass is 390 g/mol. The average Bonchev–Trinajstić information content (AvgIpc) is 2.61. The van der Waals surface area contributed by atoms with Gasteiger partial charge in [-0.15, -0.1) is 0 Å². The molecular formula is C20H26N2O4S. The summed E-state index contributed by atoms with van der Waals surface area (Å²) in [6.45, 7) is 5.61. The van der Waals surface area contributed by atoms with Gasteiger partial charge in [-0.1, -0.05) is 35.9 Å². The molecule has 0 saturated heterocycles. The highest BCUT2D eigenvalue weighted by molar-refractivity contribution is 7.92. The van der Waals surface area contributed by atoms with E-state index in [1.54, 1.807) is 38.3 Å². The first-order valence-corrected chi connectivity index (χ1v) is 10.1. The van der Waals surface area contributed by atoms with E-state index in [0.717, 1.165) is 15.4 Å². The molecule has 146 valence electrons. The van der Waals surface area contributed by atoms with Gasteiger partial charge < -0.3 is 10.1 Å². The van der Waals surface area contributed by atoms with E-state index in [9.17, 15) is 13.2 Å². The van der Waals surface area contributed by atoms with Gasteiger partial charge >= 0.3 is 0 Å². The Hall–Kier alpha value is -2.38. The fraction of sp³-hybridized carbons (Fsp3) is 0.350. The van der Waals surface area contributed by atoms with Crippen LogP contribution < -0.4 is 9.62 Å². The second kappa shape index (κ2) is 9.01.